The van der Waals surface area contributed by atoms with Crippen LogP contribution in [0, 0.1) is 0 Å². The predicted molar refractivity (Wildman–Crippen MR) is 23.6 cm³/mol. The average molecular weight is 158 g/mol. The predicted octanol–water partition coefficient (Wildman–Crippen LogP) is -2.07. The van der Waals surface area contributed by atoms with E-state index in [1.165, 1.54) is 0 Å². The van der Waals surface area contributed by atoms with Gasteiger partial charge in [0.2, 0.25) is 0 Å². The molecule has 0 aliphatic rings. The average Bonchev–Trinajstić information content (AvgIpc) is 1.25. The third-order valence-electron chi connectivity index (χ3n) is 0. The Morgan fingerprint density at radius 2 is 1.00 bits per heavy atom. The Balaban J connectivity index is 0. The van der Waals surface area contributed by atoms with Gasteiger partial charge in [-0.25, -0.2) is 0 Å². The standard InChI is InChI=1S/2H2NO2P/c2*1-4(2)3/h2*(H2,1,2,3). The van der Waals surface area contributed by atoms with Gasteiger partial charge in [-0.1, -0.05) is 9.13 Å². The highest BCUT2D eigenvalue weighted by Crippen LogP contribution is 1.81. The van der Waals surface area contributed by atoms with Crippen LogP contribution in [0.2, 0.25) is 0 Å². The number of nitrogens with two attached hydrogens (primary N) is 2. The van der Waals surface area contributed by atoms with Gasteiger partial charge in [-0.3, -0.25) is 0 Å². The Kier molecular flexibility index (Phi) is 9.61. The van der Waals surface area contributed by atoms with Gasteiger partial charge in [0, 0.05) is 0 Å². The Morgan fingerprint density at radius 1 is 1.00 bits per heavy atom. The normalized spacial score (nSPS) is 11.0. The maximum Gasteiger partial charge on any atom is 0.405 e. The van der Waals surface area contributed by atoms with E-state index in [9.17, 15) is 0 Å². The second-order valence-corrected chi connectivity index (χ2v) is 1.71. The van der Waals surface area contributed by atoms with Gasteiger partial charge in [-0.05, 0) is 0 Å². The lowest BCUT2D eigenvalue weighted by Crippen LogP contribution is -1.91. The van der Waals surface area contributed by atoms with Crippen LogP contribution in [0.5, 0.6) is 0 Å². The molecule has 0 saturated heterocycles. The van der Waals surface area contributed by atoms with Crippen molar-refractivity contribution < 1.29 is 18.9 Å². The Labute approximate surface area is 47.3 Å². The van der Waals surface area contributed by atoms with E-state index in [0.717, 1.165) is 0 Å². The van der Waals surface area contributed by atoms with E-state index in [1.54, 1.807) is 0 Å². The summed E-state index contributed by atoms with van der Waals surface area (Å²) in [6, 6.07) is 0. The SMILES string of the molecule is N[P+](=O)[O-].N[P+](=O)[O-]. The highest BCUT2D eigenvalue weighted by molar-refractivity contribution is 7.33. The Hall–Kier alpha value is 0.0400. The highest BCUT2D eigenvalue weighted by atomic mass is 31.1. The monoisotopic (exact) mass is 158 g/mol. The van der Waals surface area contributed by atoms with Crippen LogP contribution < -0.4 is 20.8 Å². The molecule has 0 rings (SSSR count). The third-order valence-corrected chi connectivity index (χ3v) is 0. The molecule has 0 saturated carbocycles. The van der Waals surface area contributed by atoms with Crippen molar-refractivity contribution in [2.75, 3.05) is 0 Å². The summed E-state index contributed by atoms with van der Waals surface area (Å²) in [6.07, 6.45) is 0. The molecule has 0 aromatic carbocycles. The molecule has 4 N–H and O–H groups in total. The molecule has 0 amide bonds. The van der Waals surface area contributed by atoms with E-state index < -0.39 is 16.4 Å². The quantitative estimate of drug-likeness (QED) is 0.389. The molecule has 0 aliphatic heterocycles. The number of hydrogen-bond donors (Lipinski definition) is 2. The first kappa shape index (κ1) is 10.9. The smallest absolute Gasteiger partial charge is 0.405 e. The third kappa shape index (κ3) is 95900. The number of hydrogen-bond acceptors (Lipinski definition) is 4. The molecule has 0 spiro atoms. The van der Waals surface area contributed by atoms with Crippen molar-refractivity contribution in [3.8, 4) is 0 Å². The van der Waals surface area contributed by atoms with E-state index in [1.807, 2.05) is 0 Å². The molecule has 8 heavy (non-hydrogen) atoms. The Morgan fingerprint density at radius 3 is 1.00 bits per heavy atom. The van der Waals surface area contributed by atoms with Crippen molar-refractivity contribution >= 4 is 16.4 Å². The summed E-state index contributed by atoms with van der Waals surface area (Å²) in [5.74, 6) is 0. The van der Waals surface area contributed by atoms with E-state index in [4.69, 9.17) is 18.9 Å². The topological polar surface area (TPSA) is 132 Å². The lowest BCUT2D eigenvalue weighted by atomic mass is 13.9. The van der Waals surface area contributed by atoms with Crippen LogP contribution in [0.3, 0.4) is 0 Å². The molecule has 0 aromatic heterocycles. The summed E-state index contributed by atoms with van der Waals surface area (Å²) in [5, 5.41) is 0. The molecular weight excluding hydrogens is 154 g/mol. The lowest BCUT2D eigenvalue weighted by molar-refractivity contribution is -0.165. The van der Waals surface area contributed by atoms with E-state index in [-0.39, 0.29) is 0 Å². The van der Waals surface area contributed by atoms with Crippen molar-refractivity contribution in [2.45, 2.75) is 0 Å². The van der Waals surface area contributed by atoms with Gasteiger partial charge in [0.25, 0.3) is 0 Å². The molecule has 0 aliphatic carbocycles. The van der Waals surface area contributed by atoms with Crippen LogP contribution in [0.1, 0.15) is 0 Å². The second kappa shape index (κ2) is 7.04. The van der Waals surface area contributed by atoms with Gasteiger partial charge in [0.15, 0.2) is 0 Å². The summed E-state index contributed by atoms with van der Waals surface area (Å²) in [4.78, 5) is 17.6. The molecule has 6 nitrogen and oxygen atoms in total. The second-order valence-electron chi connectivity index (χ2n) is 0.571. The summed E-state index contributed by atoms with van der Waals surface area (Å²) in [5.41, 5.74) is 8.13. The minimum absolute atomic E-state index is 2.62. The molecular formula is H4N2O4P2. The van der Waals surface area contributed by atoms with Gasteiger partial charge in [0.1, 0.15) is 0 Å². The molecule has 48 valence electrons. The van der Waals surface area contributed by atoms with Gasteiger partial charge in [-0.2, -0.15) is 0 Å². The molecule has 0 radical (unpaired) electrons. The molecule has 0 bridgehead atoms. The molecule has 0 heterocycles. The van der Waals surface area contributed by atoms with Crippen molar-refractivity contribution in [1.82, 2.24) is 0 Å². The van der Waals surface area contributed by atoms with Crippen molar-refractivity contribution in [3.63, 3.8) is 0 Å². The van der Waals surface area contributed by atoms with Crippen LogP contribution in [-0.2, 0) is 9.13 Å². The van der Waals surface area contributed by atoms with Gasteiger partial charge in [0.05, 0.1) is 0 Å². The number of rotatable bonds is 0. The first-order chi connectivity index (χ1) is 3.46. The summed E-state index contributed by atoms with van der Waals surface area (Å²) >= 11 is 0. The lowest BCUT2D eigenvalue weighted by Gasteiger charge is -1.59. The molecule has 8 heteroatoms. The van der Waals surface area contributed by atoms with Gasteiger partial charge >= 0.3 is 16.4 Å². The van der Waals surface area contributed by atoms with Crippen molar-refractivity contribution in [1.29, 1.82) is 0 Å². The fourth-order valence-electron chi connectivity index (χ4n) is 0. The first-order valence-electron chi connectivity index (χ1n) is 1.25. The highest BCUT2D eigenvalue weighted by Gasteiger charge is 1.69. The fourth-order valence-corrected chi connectivity index (χ4v) is 0. The van der Waals surface area contributed by atoms with Crippen LogP contribution in [-0.4, -0.2) is 0 Å². The summed E-state index contributed by atoms with van der Waals surface area (Å²) in [7, 11) is -5.24. The maximum atomic E-state index is 8.81. The van der Waals surface area contributed by atoms with Crippen LogP contribution in [0.4, 0.5) is 0 Å². The molecule has 0 fully saturated rings. The van der Waals surface area contributed by atoms with E-state index >= 15 is 0 Å². The van der Waals surface area contributed by atoms with Crippen LogP contribution >= 0.6 is 16.4 Å². The van der Waals surface area contributed by atoms with Crippen LogP contribution in [0.25, 0.3) is 0 Å². The fraction of sp³-hybridized carbons (Fsp3) is 0. The molecule has 2 unspecified atom stereocenters. The van der Waals surface area contributed by atoms with Gasteiger partial charge in [-0.15, -0.1) is 11.0 Å². The zero-order chi connectivity index (χ0) is 7.15. The zero-order valence-electron chi connectivity index (χ0n) is 3.68. The van der Waals surface area contributed by atoms with Crippen molar-refractivity contribution in [3.05, 3.63) is 0 Å². The van der Waals surface area contributed by atoms with E-state index in [2.05, 4.69) is 11.0 Å². The summed E-state index contributed by atoms with van der Waals surface area (Å²) < 4.78 is 17.6. The maximum absolute atomic E-state index is 8.81. The first-order valence-corrected chi connectivity index (χ1v) is 3.74. The minimum Gasteiger partial charge on any atom is -0.578 e. The largest absolute Gasteiger partial charge is 0.578 e. The van der Waals surface area contributed by atoms with Crippen molar-refractivity contribution in [2.24, 2.45) is 11.0 Å². The molecule has 0 aromatic rings. The van der Waals surface area contributed by atoms with Gasteiger partial charge < -0.3 is 9.79 Å². The van der Waals surface area contributed by atoms with E-state index in [0.29, 0.717) is 0 Å². The zero-order valence-corrected chi connectivity index (χ0v) is 5.47. The summed E-state index contributed by atoms with van der Waals surface area (Å²) in [6.45, 7) is 0. The van der Waals surface area contributed by atoms with Crippen LogP contribution in [0.15, 0.2) is 0 Å². The Bertz CT molecular complexity index is 70.0. The minimum atomic E-state index is -2.62. The molecule has 2 atom stereocenters.